The zero-order valence-corrected chi connectivity index (χ0v) is 14.4. The fourth-order valence-electron chi connectivity index (χ4n) is 5.63. The Labute approximate surface area is 139 Å². The van der Waals surface area contributed by atoms with Crippen LogP contribution in [-0.4, -0.2) is 23.4 Å². The minimum absolute atomic E-state index is 0.0460. The van der Waals surface area contributed by atoms with E-state index in [4.69, 9.17) is 4.42 Å². The summed E-state index contributed by atoms with van der Waals surface area (Å²) in [5.41, 5.74) is 2.47. The van der Waals surface area contributed by atoms with Gasteiger partial charge in [0, 0.05) is 18.6 Å². The monoisotopic (exact) mass is 318 g/mol. The van der Waals surface area contributed by atoms with Crippen molar-refractivity contribution >= 4 is 0 Å². The van der Waals surface area contributed by atoms with Crippen molar-refractivity contribution in [2.45, 2.75) is 52.4 Å². The van der Waals surface area contributed by atoms with Gasteiger partial charge in [0.2, 0.25) is 0 Å². The van der Waals surface area contributed by atoms with Crippen LogP contribution in [0.3, 0.4) is 0 Å². The van der Waals surface area contributed by atoms with Crippen molar-refractivity contribution in [1.82, 2.24) is 0 Å². The van der Waals surface area contributed by atoms with E-state index in [0.717, 1.165) is 38.5 Å². The van der Waals surface area contributed by atoms with Crippen molar-refractivity contribution in [2.24, 2.45) is 22.7 Å². The standard InChI is InChI=1S/C20H30O3/c1-15-4-3-5-18-19(10-15,13-21)11-16(2)20(18,14-22)8-6-17-7-9-23-12-17/h4,7,9,12,16,18,21-22H,3,5-6,8,10-11,13-14H2,1-2H3/t16-,18+,19+,20-/m1/s1. The van der Waals surface area contributed by atoms with Gasteiger partial charge in [-0.25, -0.2) is 0 Å². The minimum Gasteiger partial charge on any atom is -0.472 e. The lowest BCUT2D eigenvalue weighted by molar-refractivity contribution is -0.00995. The Hall–Kier alpha value is -1.06. The van der Waals surface area contributed by atoms with Crippen molar-refractivity contribution in [1.29, 1.82) is 0 Å². The maximum atomic E-state index is 10.4. The Morgan fingerprint density at radius 1 is 1.30 bits per heavy atom. The molecule has 0 spiro atoms. The second kappa shape index (κ2) is 6.45. The number of furan rings is 1. The summed E-state index contributed by atoms with van der Waals surface area (Å²) in [5.74, 6) is 0.822. The number of allylic oxidation sites excluding steroid dienone is 2. The molecule has 0 radical (unpaired) electrons. The summed E-state index contributed by atoms with van der Waals surface area (Å²) in [7, 11) is 0. The first-order valence-electron chi connectivity index (χ1n) is 8.95. The Morgan fingerprint density at radius 3 is 2.78 bits per heavy atom. The molecule has 2 aliphatic carbocycles. The van der Waals surface area contributed by atoms with Gasteiger partial charge in [0.1, 0.15) is 0 Å². The highest BCUT2D eigenvalue weighted by atomic mass is 16.3. The molecule has 23 heavy (non-hydrogen) atoms. The first kappa shape index (κ1) is 16.8. The van der Waals surface area contributed by atoms with Crippen molar-refractivity contribution in [3.8, 4) is 0 Å². The lowest BCUT2D eigenvalue weighted by atomic mass is 9.63. The fourth-order valence-corrected chi connectivity index (χ4v) is 5.63. The van der Waals surface area contributed by atoms with Gasteiger partial charge < -0.3 is 14.6 Å². The van der Waals surface area contributed by atoms with Crippen LogP contribution in [0.15, 0.2) is 34.7 Å². The van der Waals surface area contributed by atoms with E-state index in [1.165, 1.54) is 11.1 Å². The van der Waals surface area contributed by atoms with E-state index in [2.05, 4.69) is 19.9 Å². The highest BCUT2D eigenvalue weighted by molar-refractivity contribution is 5.17. The molecular weight excluding hydrogens is 288 g/mol. The van der Waals surface area contributed by atoms with Crippen LogP contribution in [0.4, 0.5) is 0 Å². The number of aliphatic hydroxyl groups excluding tert-OH is 2. The first-order valence-corrected chi connectivity index (χ1v) is 8.95. The molecule has 0 saturated heterocycles. The quantitative estimate of drug-likeness (QED) is 0.808. The number of aliphatic hydroxyl groups is 2. The molecule has 1 heterocycles. The third-order valence-corrected chi connectivity index (χ3v) is 6.77. The van der Waals surface area contributed by atoms with Gasteiger partial charge >= 0.3 is 0 Å². The van der Waals surface area contributed by atoms with Crippen molar-refractivity contribution in [2.75, 3.05) is 13.2 Å². The molecule has 3 rings (SSSR count). The normalized spacial score (nSPS) is 37.3. The molecule has 1 saturated carbocycles. The summed E-state index contributed by atoms with van der Waals surface area (Å²) in [6, 6.07) is 2.02. The zero-order valence-electron chi connectivity index (χ0n) is 14.4. The summed E-state index contributed by atoms with van der Waals surface area (Å²) in [6.45, 7) is 4.92. The fraction of sp³-hybridized carbons (Fsp3) is 0.700. The second-order valence-corrected chi connectivity index (χ2v) is 8.01. The molecule has 0 amide bonds. The summed E-state index contributed by atoms with van der Waals surface area (Å²) >= 11 is 0. The Kier molecular flexibility index (Phi) is 4.70. The Morgan fingerprint density at radius 2 is 2.13 bits per heavy atom. The average molecular weight is 318 g/mol. The van der Waals surface area contributed by atoms with Gasteiger partial charge in [0.15, 0.2) is 0 Å². The Bertz CT molecular complexity index is 547. The zero-order chi connectivity index (χ0) is 16.5. The number of aryl methyl sites for hydroxylation is 1. The topological polar surface area (TPSA) is 53.6 Å². The first-order chi connectivity index (χ1) is 11.1. The number of fused-ring (bicyclic) bond motifs is 1. The highest BCUT2D eigenvalue weighted by Crippen LogP contribution is 2.63. The molecule has 3 heteroatoms. The van der Waals surface area contributed by atoms with Gasteiger partial charge in [-0.1, -0.05) is 18.6 Å². The third kappa shape index (κ3) is 2.78. The second-order valence-electron chi connectivity index (χ2n) is 8.01. The molecule has 2 N–H and O–H groups in total. The van der Waals surface area contributed by atoms with Crippen LogP contribution in [0.25, 0.3) is 0 Å². The smallest absolute Gasteiger partial charge is 0.0934 e. The maximum absolute atomic E-state index is 10.4. The van der Waals surface area contributed by atoms with Crippen LogP contribution < -0.4 is 0 Å². The largest absolute Gasteiger partial charge is 0.472 e. The lowest BCUT2D eigenvalue weighted by Crippen LogP contribution is -2.41. The van der Waals surface area contributed by atoms with E-state index < -0.39 is 0 Å². The van der Waals surface area contributed by atoms with Crippen molar-refractivity contribution < 1.29 is 14.6 Å². The third-order valence-electron chi connectivity index (χ3n) is 6.77. The average Bonchev–Trinajstić information content (AvgIpc) is 3.08. The molecule has 0 aliphatic heterocycles. The summed E-state index contributed by atoms with van der Waals surface area (Å²) in [5, 5.41) is 20.7. The molecule has 1 aromatic heterocycles. The van der Waals surface area contributed by atoms with Crippen LogP contribution >= 0.6 is 0 Å². The van der Waals surface area contributed by atoms with Crippen molar-refractivity contribution in [3.63, 3.8) is 0 Å². The summed E-state index contributed by atoms with van der Waals surface area (Å²) in [6.07, 6.45) is 11.9. The summed E-state index contributed by atoms with van der Waals surface area (Å²) < 4.78 is 5.19. The van der Waals surface area contributed by atoms with Gasteiger partial charge in [-0.3, -0.25) is 0 Å². The molecule has 0 unspecified atom stereocenters. The van der Waals surface area contributed by atoms with Crippen LogP contribution in [0.2, 0.25) is 0 Å². The molecule has 2 aliphatic rings. The minimum atomic E-state index is -0.0849. The SMILES string of the molecule is CC1=CCC[C@H]2[C@@](CO)(C1)C[C@@H](C)[C@]2(CO)CCc1ccoc1. The van der Waals surface area contributed by atoms with E-state index in [-0.39, 0.29) is 24.0 Å². The summed E-state index contributed by atoms with van der Waals surface area (Å²) in [4.78, 5) is 0. The molecular formula is C20H30O3. The number of rotatable bonds is 5. The van der Waals surface area contributed by atoms with Crippen LogP contribution in [0, 0.1) is 22.7 Å². The molecule has 4 atom stereocenters. The van der Waals surface area contributed by atoms with Gasteiger partial charge in [0.25, 0.3) is 0 Å². The van der Waals surface area contributed by atoms with Crippen LogP contribution in [-0.2, 0) is 6.42 Å². The Balaban J connectivity index is 1.89. The van der Waals surface area contributed by atoms with E-state index in [0.29, 0.717) is 11.8 Å². The maximum Gasteiger partial charge on any atom is 0.0934 e. The lowest BCUT2D eigenvalue weighted by Gasteiger charge is -2.42. The van der Waals surface area contributed by atoms with Crippen molar-refractivity contribution in [3.05, 3.63) is 35.8 Å². The predicted molar refractivity (Wildman–Crippen MR) is 90.9 cm³/mol. The van der Waals surface area contributed by atoms with E-state index in [1.807, 2.05) is 12.3 Å². The van der Waals surface area contributed by atoms with Crippen LogP contribution in [0.5, 0.6) is 0 Å². The van der Waals surface area contributed by atoms with Gasteiger partial charge in [-0.15, -0.1) is 0 Å². The van der Waals surface area contributed by atoms with Gasteiger partial charge in [-0.05, 0) is 74.3 Å². The number of hydrogen-bond donors (Lipinski definition) is 2. The molecule has 1 aromatic rings. The van der Waals surface area contributed by atoms with E-state index in [9.17, 15) is 10.2 Å². The van der Waals surface area contributed by atoms with Crippen LogP contribution in [0.1, 0.15) is 51.5 Å². The predicted octanol–water partition coefficient (Wildman–Crippen LogP) is 3.96. The van der Waals surface area contributed by atoms with Gasteiger partial charge in [-0.2, -0.15) is 0 Å². The molecule has 0 bridgehead atoms. The van der Waals surface area contributed by atoms with Gasteiger partial charge in [0.05, 0.1) is 12.5 Å². The molecule has 0 aromatic carbocycles. The molecule has 128 valence electrons. The molecule has 1 fully saturated rings. The van der Waals surface area contributed by atoms with E-state index in [1.54, 1.807) is 6.26 Å². The molecule has 3 nitrogen and oxygen atoms in total. The van der Waals surface area contributed by atoms with E-state index >= 15 is 0 Å². The highest BCUT2D eigenvalue weighted by Gasteiger charge is 2.59. The number of hydrogen-bond acceptors (Lipinski definition) is 3.